The highest BCUT2D eigenvalue weighted by Gasteiger charge is 2.28. The number of aromatic nitrogens is 2. The maximum atomic E-state index is 13.6. The van der Waals surface area contributed by atoms with E-state index in [1.807, 2.05) is 4.57 Å². The van der Waals surface area contributed by atoms with Crippen molar-refractivity contribution < 1.29 is 26.3 Å². The number of nitrogens with zero attached hydrogens (tertiary/aromatic N) is 3. The van der Waals surface area contributed by atoms with Gasteiger partial charge >= 0.3 is 0 Å². The molecule has 3 heterocycles. The number of benzene rings is 2. The molecule has 0 bridgehead atoms. The van der Waals surface area contributed by atoms with Crippen molar-refractivity contribution in [1.29, 1.82) is 0 Å². The largest absolute Gasteiger partial charge is 0.376 e. The highest BCUT2D eigenvalue weighted by molar-refractivity contribution is 7.98. The third kappa shape index (κ3) is 4.58. The number of halogens is 3. The molecule has 0 aliphatic carbocycles. The number of thioether (sulfide) groups is 1. The Kier molecular flexibility index (Phi) is 6.62. The first-order valence-corrected chi connectivity index (χ1v) is 13.6. The minimum atomic E-state index is -3.59. The van der Waals surface area contributed by atoms with Gasteiger partial charge in [0.15, 0.2) is 22.6 Å². The van der Waals surface area contributed by atoms with E-state index >= 15 is 0 Å². The molecule has 3 aromatic rings. The molecule has 2 saturated heterocycles. The summed E-state index contributed by atoms with van der Waals surface area (Å²) in [5.74, 6) is -3.80. The standard InChI is InChI=1S/C23H24F3N3O3S2/c24-18-10-15(11-19(25)22(18)26)14-33-23-27-20-12-17(34(30,31)28-7-1-2-8-28)5-6-21(20)29(23)13-16-4-3-9-32-16/h5-6,10-12,16H,1-4,7-9,13-14H2. The van der Waals surface area contributed by atoms with Gasteiger partial charge in [0, 0.05) is 25.4 Å². The van der Waals surface area contributed by atoms with Gasteiger partial charge in [-0.2, -0.15) is 4.31 Å². The lowest BCUT2D eigenvalue weighted by atomic mass is 10.2. The van der Waals surface area contributed by atoms with Crippen LogP contribution in [0.25, 0.3) is 11.0 Å². The molecule has 2 fully saturated rings. The molecule has 6 nitrogen and oxygen atoms in total. The van der Waals surface area contributed by atoms with Gasteiger partial charge in [-0.1, -0.05) is 11.8 Å². The Morgan fingerprint density at radius 2 is 1.79 bits per heavy atom. The maximum Gasteiger partial charge on any atom is 0.243 e. The van der Waals surface area contributed by atoms with Gasteiger partial charge in [-0.3, -0.25) is 0 Å². The number of rotatable bonds is 7. The van der Waals surface area contributed by atoms with Crippen molar-refractivity contribution in [2.24, 2.45) is 0 Å². The molecule has 34 heavy (non-hydrogen) atoms. The summed E-state index contributed by atoms with van der Waals surface area (Å²) in [6.45, 7) is 2.24. The lowest BCUT2D eigenvalue weighted by Gasteiger charge is -2.16. The summed E-state index contributed by atoms with van der Waals surface area (Å²) < 4.78 is 75.9. The summed E-state index contributed by atoms with van der Waals surface area (Å²) in [6, 6.07) is 6.87. The minimum Gasteiger partial charge on any atom is -0.376 e. The summed E-state index contributed by atoms with van der Waals surface area (Å²) in [5, 5.41) is 0.575. The molecule has 0 radical (unpaired) electrons. The zero-order valence-electron chi connectivity index (χ0n) is 18.3. The number of hydrogen-bond donors (Lipinski definition) is 0. The average molecular weight is 512 g/mol. The van der Waals surface area contributed by atoms with Gasteiger partial charge in [-0.05, 0) is 61.6 Å². The van der Waals surface area contributed by atoms with Crippen molar-refractivity contribution in [3.63, 3.8) is 0 Å². The first kappa shape index (κ1) is 23.7. The van der Waals surface area contributed by atoms with Crippen molar-refractivity contribution in [3.05, 3.63) is 53.3 Å². The number of hydrogen-bond acceptors (Lipinski definition) is 5. The van der Waals surface area contributed by atoms with Crippen LogP contribution in [-0.4, -0.2) is 48.1 Å². The topological polar surface area (TPSA) is 64.4 Å². The van der Waals surface area contributed by atoms with Gasteiger partial charge in [0.25, 0.3) is 0 Å². The maximum absolute atomic E-state index is 13.6. The third-order valence-electron chi connectivity index (χ3n) is 6.21. The van der Waals surface area contributed by atoms with E-state index in [0.717, 1.165) is 43.3 Å². The molecule has 2 aliphatic rings. The number of ether oxygens (including phenoxy) is 1. The highest BCUT2D eigenvalue weighted by atomic mass is 32.2. The van der Waals surface area contributed by atoms with Gasteiger partial charge in [0.05, 0.1) is 28.6 Å². The number of fused-ring (bicyclic) bond motifs is 1. The van der Waals surface area contributed by atoms with Crippen LogP contribution >= 0.6 is 11.8 Å². The molecule has 1 aromatic heterocycles. The molecule has 2 aliphatic heterocycles. The normalized spacial score (nSPS) is 19.4. The van der Waals surface area contributed by atoms with Gasteiger partial charge in [0.1, 0.15) is 0 Å². The molecule has 1 unspecified atom stereocenters. The average Bonchev–Trinajstić information content (AvgIpc) is 3.58. The second-order valence-electron chi connectivity index (χ2n) is 8.56. The Morgan fingerprint density at radius 3 is 2.47 bits per heavy atom. The second-order valence-corrected chi connectivity index (χ2v) is 11.4. The van der Waals surface area contributed by atoms with E-state index < -0.39 is 27.5 Å². The van der Waals surface area contributed by atoms with Crippen molar-refractivity contribution in [3.8, 4) is 0 Å². The molecule has 0 spiro atoms. The van der Waals surface area contributed by atoms with Crippen LogP contribution in [0.3, 0.4) is 0 Å². The fourth-order valence-corrected chi connectivity index (χ4v) is 6.93. The van der Waals surface area contributed by atoms with Crippen LogP contribution in [-0.2, 0) is 27.1 Å². The third-order valence-corrected chi connectivity index (χ3v) is 9.15. The van der Waals surface area contributed by atoms with Crippen LogP contribution < -0.4 is 0 Å². The summed E-state index contributed by atoms with van der Waals surface area (Å²) in [7, 11) is -3.59. The summed E-state index contributed by atoms with van der Waals surface area (Å²) >= 11 is 1.25. The van der Waals surface area contributed by atoms with Crippen LogP contribution in [0.4, 0.5) is 13.2 Å². The quantitative estimate of drug-likeness (QED) is 0.340. The van der Waals surface area contributed by atoms with E-state index in [1.165, 1.54) is 16.1 Å². The van der Waals surface area contributed by atoms with E-state index in [1.54, 1.807) is 18.2 Å². The minimum absolute atomic E-state index is 0.00506. The smallest absolute Gasteiger partial charge is 0.243 e. The molecule has 182 valence electrons. The van der Waals surface area contributed by atoms with Gasteiger partial charge in [-0.15, -0.1) is 0 Å². The molecular weight excluding hydrogens is 487 g/mol. The second kappa shape index (κ2) is 9.52. The Morgan fingerprint density at radius 1 is 1.06 bits per heavy atom. The van der Waals surface area contributed by atoms with E-state index in [4.69, 9.17) is 4.74 Å². The molecule has 0 amide bonds. The SMILES string of the molecule is O=S(=O)(c1ccc2c(c1)nc(SCc1cc(F)c(F)c(F)c1)n2CC1CCCO1)N1CCCC1. The Bertz CT molecular complexity index is 1290. The zero-order chi connectivity index (χ0) is 23.9. The van der Waals surface area contributed by atoms with Crippen molar-refractivity contribution in [1.82, 2.24) is 13.9 Å². The molecule has 5 rings (SSSR count). The molecule has 2 aromatic carbocycles. The monoisotopic (exact) mass is 511 g/mol. The van der Waals surface area contributed by atoms with E-state index in [0.29, 0.717) is 36.9 Å². The van der Waals surface area contributed by atoms with Crippen LogP contribution in [0, 0.1) is 17.5 Å². The van der Waals surface area contributed by atoms with Gasteiger partial charge in [-0.25, -0.2) is 26.6 Å². The Hall–Kier alpha value is -2.08. The molecule has 0 N–H and O–H groups in total. The highest BCUT2D eigenvalue weighted by Crippen LogP contribution is 2.31. The first-order chi connectivity index (χ1) is 16.3. The van der Waals surface area contributed by atoms with Gasteiger partial charge < -0.3 is 9.30 Å². The Labute approximate surface area is 200 Å². The Balaban J connectivity index is 1.48. The van der Waals surface area contributed by atoms with Crippen LogP contribution in [0.5, 0.6) is 0 Å². The van der Waals surface area contributed by atoms with Crippen LogP contribution in [0.2, 0.25) is 0 Å². The van der Waals surface area contributed by atoms with Crippen molar-refractivity contribution in [2.75, 3.05) is 19.7 Å². The lowest BCUT2D eigenvalue weighted by molar-refractivity contribution is 0.0960. The van der Waals surface area contributed by atoms with Crippen molar-refractivity contribution in [2.45, 2.75) is 54.1 Å². The molecular formula is C23H24F3N3O3S2. The fraction of sp³-hybridized carbons (Fsp3) is 0.435. The van der Waals surface area contributed by atoms with Gasteiger partial charge in [0.2, 0.25) is 10.0 Å². The predicted molar refractivity (Wildman–Crippen MR) is 123 cm³/mol. The fourth-order valence-electron chi connectivity index (χ4n) is 4.44. The number of sulfonamides is 1. The van der Waals surface area contributed by atoms with E-state index in [9.17, 15) is 21.6 Å². The zero-order valence-corrected chi connectivity index (χ0v) is 20.0. The van der Waals surface area contributed by atoms with Crippen molar-refractivity contribution >= 4 is 32.8 Å². The lowest BCUT2D eigenvalue weighted by Crippen LogP contribution is -2.27. The predicted octanol–water partition coefficient (Wildman–Crippen LogP) is 4.71. The number of imidazole rings is 1. The summed E-state index contributed by atoms with van der Waals surface area (Å²) in [5.41, 5.74) is 1.57. The van der Waals surface area contributed by atoms with E-state index in [-0.39, 0.29) is 22.3 Å². The van der Waals surface area contributed by atoms with E-state index in [2.05, 4.69) is 4.98 Å². The first-order valence-electron chi connectivity index (χ1n) is 11.2. The molecule has 11 heteroatoms. The molecule has 0 saturated carbocycles. The van der Waals surface area contributed by atoms with Crippen LogP contribution in [0.1, 0.15) is 31.2 Å². The summed E-state index contributed by atoms with van der Waals surface area (Å²) in [4.78, 5) is 4.86. The molecule has 1 atom stereocenters. The van der Waals surface area contributed by atoms with Crippen LogP contribution in [0.15, 0.2) is 40.4 Å². The summed E-state index contributed by atoms with van der Waals surface area (Å²) in [6.07, 6.45) is 3.57.